The first-order valence-electron chi connectivity index (χ1n) is 4.78. The molecule has 1 aliphatic rings. The summed E-state index contributed by atoms with van der Waals surface area (Å²) >= 11 is 1.01. The first-order valence-corrected chi connectivity index (χ1v) is 5.51. The van der Waals surface area contributed by atoms with Gasteiger partial charge in [0.1, 0.15) is 0 Å². The Labute approximate surface area is 91.8 Å². The zero-order valence-electron chi connectivity index (χ0n) is 8.60. The third kappa shape index (κ3) is 1.74. The van der Waals surface area contributed by atoms with Crippen molar-refractivity contribution in [2.45, 2.75) is 32.4 Å². The van der Waals surface area contributed by atoms with Crippen molar-refractivity contribution in [3.63, 3.8) is 0 Å². The second kappa shape index (κ2) is 3.53. The van der Waals surface area contributed by atoms with E-state index in [0.29, 0.717) is 12.1 Å². The lowest BCUT2D eigenvalue weighted by Crippen LogP contribution is -2.61. The molecular formula is C9H13N3O2S. The summed E-state index contributed by atoms with van der Waals surface area (Å²) in [7, 11) is 0. The van der Waals surface area contributed by atoms with E-state index < -0.39 is 0 Å². The van der Waals surface area contributed by atoms with Crippen molar-refractivity contribution in [3.8, 4) is 0 Å². The Kier molecular flexibility index (Phi) is 2.47. The van der Waals surface area contributed by atoms with Crippen LogP contribution in [0.25, 0.3) is 0 Å². The molecule has 2 N–H and O–H groups in total. The van der Waals surface area contributed by atoms with Crippen LogP contribution in [0.3, 0.4) is 0 Å². The molecule has 0 saturated heterocycles. The van der Waals surface area contributed by atoms with E-state index in [1.165, 1.54) is 6.20 Å². The standard InChI is InChI=1S/C9H13N3O2S/c1-9(2)6(3-7(9)13)11-8(14)5-4-10-15-12-5/h4,6-7,13H,3H2,1-2H3,(H,11,14). The van der Waals surface area contributed by atoms with E-state index in [1.54, 1.807) is 0 Å². The number of rotatable bonds is 2. The van der Waals surface area contributed by atoms with E-state index in [2.05, 4.69) is 14.1 Å². The Morgan fingerprint density at radius 3 is 2.93 bits per heavy atom. The van der Waals surface area contributed by atoms with Crippen LogP contribution in [0.5, 0.6) is 0 Å². The van der Waals surface area contributed by atoms with Crippen molar-refractivity contribution in [2.75, 3.05) is 0 Å². The Hall–Kier alpha value is -1.01. The summed E-state index contributed by atoms with van der Waals surface area (Å²) in [5, 5.41) is 12.4. The fraction of sp³-hybridized carbons (Fsp3) is 0.667. The van der Waals surface area contributed by atoms with Gasteiger partial charge in [0.05, 0.1) is 24.0 Å². The molecule has 1 fully saturated rings. The molecule has 0 bridgehead atoms. The number of nitrogens with zero attached hydrogens (tertiary/aromatic N) is 2. The molecule has 2 rings (SSSR count). The third-order valence-electron chi connectivity index (χ3n) is 3.12. The highest BCUT2D eigenvalue weighted by atomic mass is 32.1. The number of aliphatic hydroxyl groups is 1. The number of carbonyl (C=O) groups excluding carboxylic acids is 1. The maximum Gasteiger partial charge on any atom is 0.272 e. The number of carbonyl (C=O) groups is 1. The molecule has 0 aromatic carbocycles. The van der Waals surface area contributed by atoms with Gasteiger partial charge in [0.2, 0.25) is 0 Å². The van der Waals surface area contributed by atoms with Crippen molar-refractivity contribution in [1.29, 1.82) is 0 Å². The molecule has 15 heavy (non-hydrogen) atoms. The molecule has 1 amide bonds. The quantitative estimate of drug-likeness (QED) is 0.768. The van der Waals surface area contributed by atoms with Crippen LogP contribution in [-0.2, 0) is 0 Å². The van der Waals surface area contributed by atoms with Crippen LogP contribution in [0.1, 0.15) is 30.8 Å². The largest absolute Gasteiger partial charge is 0.392 e. The Morgan fingerprint density at radius 1 is 1.73 bits per heavy atom. The van der Waals surface area contributed by atoms with E-state index in [9.17, 15) is 9.90 Å². The van der Waals surface area contributed by atoms with Gasteiger partial charge in [-0.2, -0.15) is 8.75 Å². The van der Waals surface area contributed by atoms with E-state index in [1.807, 2.05) is 13.8 Å². The Balaban J connectivity index is 1.97. The van der Waals surface area contributed by atoms with E-state index in [0.717, 1.165) is 11.7 Å². The molecule has 0 spiro atoms. The lowest BCUT2D eigenvalue weighted by Gasteiger charge is -2.49. The molecule has 0 radical (unpaired) electrons. The summed E-state index contributed by atoms with van der Waals surface area (Å²) in [6.07, 6.45) is 1.72. The zero-order chi connectivity index (χ0) is 11.1. The van der Waals surface area contributed by atoms with E-state index >= 15 is 0 Å². The molecule has 1 saturated carbocycles. The summed E-state index contributed by atoms with van der Waals surface area (Å²) in [6, 6.07) is 0.0155. The smallest absolute Gasteiger partial charge is 0.272 e. The Bertz CT molecular complexity index is 363. The van der Waals surface area contributed by atoms with Crippen molar-refractivity contribution >= 4 is 17.6 Å². The van der Waals surface area contributed by atoms with Crippen LogP contribution < -0.4 is 5.32 Å². The van der Waals surface area contributed by atoms with Crippen molar-refractivity contribution < 1.29 is 9.90 Å². The molecule has 1 aromatic heterocycles. The van der Waals surface area contributed by atoms with Gasteiger partial charge in [-0.3, -0.25) is 4.79 Å². The fourth-order valence-electron chi connectivity index (χ4n) is 1.64. The van der Waals surface area contributed by atoms with Crippen LogP contribution in [-0.4, -0.2) is 31.9 Å². The van der Waals surface area contributed by atoms with Gasteiger partial charge in [0, 0.05) is 11.5 Å². The minimum Gasteiger partial charge on any atom is -0.392 e. The SMILES string of the molecule is CC1(C)C(O)CC1NC(=O)c1cnsn1. The van der Waals surface area contributed by atoms with Crippen LogP contribution in [0.4, 0.5) is 0 Å². The molecule has 82 valence electrons. The molecule has 6 heteroatoms. The van der Waals surface area contributed by atoms with Crippen LogP contribution >= 0.6 is 11.7 Å². The topological polar surface area (TPSA) is 75.1 Å². The summed E-state index contributed by atoms with van der Waals surface area (Å²) in [6.45, 7) is 3.87. The Morgan fingerprint density at radius 2 is 2.47 bits per heavy atom. The lowest BCUT2D eigenvalue weighted by atomic mass is 9.64. The maximum absolute atomic E-state index is 11.6. The molecule has 5 nitrogen and oxygen atoms in total. The molecule has 1 heterocycles. The first kappa shape index (κ1) is 10.5. The van der Waals surface area contributed by atoms with Gasteiger partial charge in [-0.05, 0) is 6.42 Å². The highest BCUT2D eigenvalue weighted by Gasteiger charge is 2.48. The van der Waals surface area contributed by atoms with E-state index in [-0.39, 0.29) is 23.5 Å². The average molecular weight is 227 g/mol. The second-order valence-electron chi connectivity index (χ2n) is 4.39. The van der Waals surface area contributed by atoms with Crippen LogP contribution in [0.2, 0.25) is 0 Å². The minimum absolute atomic E-state index is 0.0155. The van der Waals surface area contributed by atoms with Crippen molar-refractivity contribution in [3.05, 3.63) is 11.9 Å². The normalized spacial score (nSPS) is 28.2. The number of amides is 1. The van der Waals surface area contributed by atoms with Gasteiger partial charge in [-0.25, -0.2) is 0 Å². The third-order valence-corrected chi connectivity index (χ3v) is 3.59. The molecule has 2 atom stereocenters. The van der Waals surface area contributed by atoms with E-state index in [4.69, 9.17) is 0 Å². The predicted octanol–water partition coefficient (Wildman–Crippen LogP) is 0.427. The average Bonchev–Trinajstić information content (AvgIpc) is 2.70. The number of nitrogens with one attached hydrogen (secondary N) is 1. The number of hydrogen-bond donors (Lipinski definition) is 2. The summed E-state index contributed by atoms with van der Waals surface area (Å²) in [5.74, 6) is -0.214. The maximum atomic E-state index is 11.6. The van der Waals surface area contributed by atoms with Crippen LogP contribution in [0.15, 0.2) is 6.20 Å². The zero-order valence-corrected chi connectivity index (χ0v) is 9.41. The minimum atomic E-state index is -0.337. The van der Waals surface area contributed by atoms with Crippen LogP contribution in [0, 0.1) is 5.41 Å². The molecule has 2 unspecified atom stereocenters. The van der Waals surface area contributed by atoms with Gasteiger partial charge < -0.3 is 10.4 Å². The van der Waals surface area contributed by atoms with Gasteiger partial charge in [-0.1, -0.05) is 13.8 Å². The highest BCUT2D eigenvalue weighted by molar-refractivity contribution is 6.99. The molecular weight excluding hydrogens is 214 g/mol. The molecule has 1 aliphatic carbocycles. The van der Waals surface area contributed by atoms with Gasteiger partial charge in [0.15, 0.2) is 5.69 Å². The summed E-state index contributed by atoms with van der Waals surface area (Å²) in [4.78, 5) is 11.6. The van der Waals surface area contributed by atoms with Gasteiger partial charge in [0.25, 0.3) is 5.91 Å². The monoisotopic (exact) mass is 227 g/mol. The molecule has 1 aromatic rings. The molecule has 0 aliphatic heterocycles. The van der Waals surface area contributed by atoms with Gasteiger partial charge in [-0.15, -0.1) is 0 Å². The number of aromatic nitrogens is 2. The van der Waals surface area contributed by atoms with Gasteiger partial charge >= 0.3 is 0 Å². The van der Waals surface area contributed by atoms with Crippen molar-refractivity contribution in [1.82, 2.24) is 14.1 Å². The van der Waals surface area contributed by atoms with Crippen molar-refractivity contribution in [2.24, 2.45) is 5.41 Å². The fourth-order valence-corrected chi connectivity index (χ4v) is 2.06. The summed E-state index contributed by atoms with van der Waals surface area (Å²) in [5.41, 5.74) is 0.0937. The highest BCUT2D eigenvalue weighted by Crippen LogP contribution is 2.40. The second-order valence-corrected chi connectivity index (χ2v) is 4.95. The number of hydrogen-bond acceptors (Lipinski definition) is 5. The predicted molar refractivity (Wildman–Crippen MR) is 55.6 cm³/mol. The summed E-state index contributed by atoms with van der Waals surface area (Å²) < 4.78 is 7.62. The lowest BCUT2D eigenvalue weighted by molar-refractivity contribution is -0.0690. The number of aliphatic hydroxyl groups excluding tert-OH is 1. The first-order chi connectivity index (χ1) is 7.01.